The Balaban J connectivity index is 2.29. The smallest absolute Gasteiger partial charge is 0.399 e. The summed E-state index contributed by atoms with van der Waals surface area (Å²) < 4.78 is 12.0. The van der Waals surface area contributed by atoms with Crippen LogP contribution in [0.5, 0.6) is 0 Å². The van der Waals surface area contributed by atoms with Crippen molar-refractivity contribution in [2.24, 2.45) is 0 Å². The van der Waals surface area contributed by atoms with E-state index in [1.807, 2.05) is 33.8 Å². The average Bonchev–Trinajstić information content (AvgIpc) is 2.49. The van der Waals surface area contributed by atoms with Gasteiger partial charge in [-0.3, -0.25) is 4.98 Å². The molecule has 0 spiro atoms. The highest BCUT2D eigenvalue weighted by molar-refractivity contribution is 6.62. The van der Waals surface area contributed by atoms with Gasteiger partial charge in [0.2, 0.25) is 0 Å². The van der Waals surface area contributed by atoms with Crippen LogP contribution in [0.25, 0.3) is 0 Å². The van der Waals surface area contributed by atoms with Gasteiger partial charge in [0, 0.05) is 19.0 Å². The van der Waals surface area contributed by atoms with E-state index in [-0.39, 0.29) is 24.9 Å². The second-order valence-electron chi connectivity index (χ2n) is 5.64. The number of aliphatic hydroxyl groups is 1. The molecule has 0 radical (unpaired) electrons. The van der Waals surface area contributed by atoms with E-state index in [4.69, 9.17) is 14.4 Å². The van der Waals surface area contributed by atoms with E-state index < -0.39 is 0 Å². The molecule has 0 bridgehead atoms. The number of nitrogens with zero attached hydrogens (tertiary/aromatic N) is 1. The van der Waals surface area contributed by atoms with E-state index in [0.717, 1.165) is 11.0 Å². The summed E-state index contributed by atoms with van der Waals surface area (Å²) in [6, 6.07) is 1.90. The van der Waals surface area contributed by atoms with Gasteiger partial charge in [0.1, 0.15) is 0 Å². The Morgan fingerprint density at radius 3 is 2.39 bits per heavy atom. The third kappa shape index (κ3) is 2.30. The fraction of sp³-hybridized carbons (Fsp3) is 0.615. The van der Waals surface area contributed by atoms with E-state index in [1.165, 1.54) is 0 Å². The van der Waals surface area contributed by atoms with Crippen LogP contribution >= 0.6 is 0 Å². The molecular weight excluding hydrogens is 229 g/mol. The minimum Gasteiger partial charge on any atom is -0.399 e. The first kappa shape index (κ1) is 13.5. The van der Waals surface area contributed by atoms with Crippen LogP contribution < -0.4 is 5.46 Å². The summed E-state index contributed by atoms with van der Waals surface area (Å²) in [6.45, 7) is 8.21. The molecule has 0 aliphatic carbocycles. The lowest BCUT2D eigenvalue weighted by Gasteiger charge is -2.32. The number of hydrogen-bond acceptors (Lipinski definition) is 4. The van der Waals surface area contributed by atoms with Gasteiger partial charge in [-0.05, 0) is 51.2 Å². The molecule has 0 unspecified atom stereocenters. The number of rotatable bonds is 3. The van der Waals surface area contributed by atoms with Crippen molar-refractivity contribution in [3.8, 4) is 0 Å². The number of pyridine rings is 1. The maximum atomic E-state index is 9.08. The minimum atomic E-state index is -0.389. The molecule has 98 valence electrons. The van der Waals surface area contributed by atoms with Crippen LogP contribution in [-0.4, -0.2) is 35.0 Å². The predicted octanol–water partition coefficient (Wildman–Crippen LogP) is 0.916. The van der Waals surface area contributed by atoms with Crippen molar-refractivity contribution in [3.05, 3.63) is 24.0 Å². The van der Waals surface area contributed by atoms with Crippen molar-refractivity contribution in [1.29, 1.82) is 0 Å². The summed E-state index contributed by atoms with van der Waals surface area (Å²) in [6.07, 6.45) is 4.05. The van der Waals surface area contributed by atoms with Gasteiger partial charge in [-0.25, -0.2) is 0 Å². The van der Waals surface area contributed by atoms with E-state index in [0.29, 0.717) is 6.42 Å². The number of aromatic nitrogens is 1. The highest BCUT2D eigenvalue weighted by Gasteiger charge is 2.52. The van der Waals surface area contributed by atoms with Gasteiger partial charge in [0.15, 0.2) is 0 Å². The van der Waals surface area contributed by atoms with E-state index in [2.05, 4.69) is 4.98 Å². The SMILES string of the molecule is CC1(C)OB(c2ccncc2CCO)OC1(C)C. The lowest BCUT2D eigenvalue weighted by atomic mass is 9.76. The van der Waals surface area contributed by atoms with Crippen molar-refractivity contribution < 1.29 is 14.4 Å². The van der Waals surface area contributed by atoms with Crippen LogP contribution in [0.3, 0.4) is 0 Å². The zero-order valence-electron chi connectivity index (χ0n) is 11.4. The molecule has 0 amide bonds. The molecule has 1 saturated heterocycles. The third-order valence-electron chi connectivity index (χ3n) is 3.83. The lowest BCUT2D eigenvalue weighted by molar-refractivity contribution is 0.00578. The summed E-state index contributed by atoms with van der Waals surface area (Å²) in [7, 11) is -0.389. The topological polar surface area (TPSA) is 51.6 Å². The second-order valence-corrected chi connectivity index (χ2v) is 5.64. The van der Waals surface area contributed by atoms with Gasteiger partial charge in [0.25, 0.3) is 0 Å². The highest BCUT2D eigenvalue weighted by atomic mass is 16.7. The molecule has 1 aliphatic rings. The van der Waals surface area contributed by atoms with Crippen molar-refractivity contribution in [2.75, 3.05) is 6.61 Å². The van der Waals surface area contributed by atoms with Gasteiger partial charge >= 0.3 is 7.12 Å². The Morgan fingerprint density at radius 1 is 1.22 bits per heavy atom. The molecular formula is C13H20BNO3. The van der Waals surface area contributed by atoms with Crippen LogP contribution in [0, 0.1) is 0 Å². The Morgan fingerprint density at radius 2 is 1.83 bits per heavy atom. The van der Waals surface area contributed by atoms with E-state index >= 15 is 0 Å². The first-order valence-electron chi connectivity index (χ1n) is 6.27. The first-order chi connectivity index (χ1) is 8.37. The van der Waals surface area contributed by atoms with E-state index in [9.17, 15) is 0 Å². The summed E-state index contributed by atoms with van der Waals surface area (Å²) in [5, 5.41) is 9.08. The van der Waals surface area contributed by atoms with Crippen LogP contribution in [0.1, 0.15) is 33.3 Å². The zero-order valence-corrected chi connectivity index (χ0v) is 11.4. The van der Waals surface area contributed by atoms with Crippen LogP contribution in [-0.2, 0) is 15.7 Å². The standard InChI is InChI=1S/C13H20BNO3/c1-12(2)13(3,4)18-14(17-12)11-5-7-15-9-10(11)6-8-16/h5,7,9,16H,6,8H2,1-4H3. The summed E-state index contributed by atoms with van der Waals surface area (Å²) in [4.78, 5) is 4.09. The van der Waals surface area contributed by atoms with Gasteiger partial charge in [-0.15, -0.1) is 0 Å². The fourth-order valence-electron chi connectivity index (χ4n) is 1.97. The van der Waals surface area contributed by atoms with Crippen molar-refractivity contribution >= 4 is 12.6 Å². The van der Waals surface area contributed by atoms with Gasteiger partial charge in [0.05, 0.1) is 11.2 Å². The van der Waals surface area contributed by atoms with E-state index in [1.54, 1.807) is 12.4 Å². The Kier molecular flexibility index (Phi) is 3.49. The molecule has 0 aromatic carbocycles. The molecule has 1 aromatic rings. The van der Waals surface area contributed by atoms with Crippen LogP contribution in [0.15, 0.2) is 18.5 Å². The molecule has 1 fully saturated rings. The molecule has 1 aromatic heterocycles. The molecule has 2 heterocycles. The molecule has 1 aliphatic heterocycles. The molecule has 0 saturated carbocycles. The van der Waals surface area contributed by atoms with Crippen LogP contribution in [0.2, 0.25) is 0 Å². The highest BCUT2D eigenvalue weighted by Crippen LogP contribution is 2.36. The normalized spacial score (nSPS) is 21.3. The van der Waals surface area contributed by atoms with Crippen molar-refractivity contribution in [3.63, 3.8) is 0 Å². The first-order valence-corrected chi connectivity index (χ1v) is 6.27. The minimum absolute atomic E-state index is 0.0954. The largest absolute Gasteiger partial charge is 0.495 e. The predicted molar refractivity (Wildman–Crippen MR) is 70.7 cm³/mol. The fourth-order valence-corrected chi connectivity index (χ4v) is 1.97. The average molecular weight is 249 g/mol. The molecule has 5 heteroatoms. The Bertz CT molecular complexity index is 418. The quantitative estimate of drug-likeness (QED) is 0.809. The summed E-state index contributed by atoms with van der Waals surface area (Å²) >= 11 is 0. The van der Waals surface area contributed by atoms with Crippen molar-refractivity contribution in [2.45, 2.75) is 45.3 Å². The third-order valence-corrected chi connectivity index (χ3v) is 3.83. The second kappa shape index (κ2) is 4.65. The number of hydrogen-bond donors (Lipinski definition) is 1. The molecule has 4 nitrogen and oxygen atoms in total. The van der Waals surface area contributed by atoms with Crippen molar-refractivity contribution in [1.82, 2.24) is 4.98 Å². The molecule has 18 heavy (non-hydrogen) atoms. The maximum absolute atomic E-state index is 9.08. The zero-order chi connectivity index (χ0) is 13.4. The summed E-state index contributed by atoms with van der Waals surface area (Å²) in [5.41, 5.74) is 1.23. The number of aliphatic hydroxyl groups excluding tert-OH is 1. The molecule has 0 atom stereocenters. The Labute approximate surface area is 108 Å². The maximum Gasteiger partial charge on any atom is 0.495 e. The van der Waals surface area contributed by atoms with Gasteiger partial charge in [-0.1, -0.05) is 0 Å². The molecule has 1 N–H and O–H groups in total. The Hall–Kier alpha value is -0.905. The van der Waals surface area contributed by atoms with Gasteiger partial charge in [-0.2, -0.15) is 0 Å². The summed E-state index contributed by atoms with van der Waals surface area (Å²) in [5.74, 6) is 0. The van der Waals surface area contributed by atoms with Gasteiger partial charge < -0.3 is 14.4 Å². The van der Waals surface area contributed by atoms with Crippen LogP contribution in [0.4, 0.5) is 0 Å². The monoisotopic (exact) mass is 249 g/mol. The lowest BCUT2D eigenvalue weighted by Crippen LogP contribution is -2.41. The molecule has 2 rings (SSSR count).